The third-order valence-corrected chi connectivity index (χ3v) is 4.94. The summed E-state index contributed by atoms with van der Waals surface area (Å²) in [6, 6.07) is 8.51. The standard InChI is InChI=1S/C19H28N2O2/c1-13(2)23-16-9-7-14(8-10-16)12-20-19(22)18-11-15-5-3-4-6-17(15)21-18/h7-10,13,15,17-18,21H,3-6,11-12H2,1-2H3,(H,20,22). The second-order valence-corrected chi connectivity index (χ2v) is 7.13. The molecule has 4 heteroatoms. The Kier molecular flexibility index (Phi) is 5.21. The molecule has 1 aromatic carbocycles. The molecule has 0 spiro atoms. The molecule has 1 aliphatic carbocycles. The van der Waals surface area contributed by atoms with E-state index in [1.165, 1.54) is 25.7 Å². The Morgan fingerprint density at radius 3 is 2.70 bits per heavy atom. The lowest BCUT2D eigenvalue weighted by Gasteiger charge is -2.24. The van der Waals surface area contributed by atoms with E-state index >= 15 is 0 Å². The maximum Gasteiger partial charge on any atom is 0.237 e. The molecule has 1 heterocycles. The molecule has 1 amide bonds. The van der Waals surface area contributed by atoms with Gasteiger partial charge in [0.1, 0.15) is 5.75 Å². The molecule has 126 valence electrons. The van der Waals surface area contributed by atoms with Crippen LogP contribution in [0.15, 0.2) is 24.3 Å². The van der Waals surface area contributed by atoms with Gasteiger partial charge in [-0.3, -0.25) is 4.79 Å². The second-order valence-electron chi connectivity index (χ2n) is 7.13. The number of rotatable bonds is 5. The summed E-state index contributed by atoms with van der Waals surface area (Å²) in [5.74, 6) is 1.71. The van der Waals surface area contributed by atoms with Crippen molar-refractivity contribution in [2.24, 2.45) is 5.92 Å². The van der Waals surface area contributed by atoms with Gasteiger partial charge < -0.3 is 15.4 Å². The quantitative estimate of drug-likeness (QED) is 0.878. The minimum Gasteiger partial charge on any atom is -0.491 e. The van der Waals surface area contributed by atoms with E-state index in [0.717, 1.165) is 17.7 Å². The van der Waals surface area contributed by atoms with Gasteiger partial charge in [0.15, 0.2) is 0 Å². The first-order valence-corrected chi connectivity index (χ1v) is 8.91. The monoisotopic (exact) mass is 316 g/mol. The minimum atomic E-state index is -0.00773. The van der Waals surface area contributed by atoms with Crippen LogP contribution in [0.3, 0.4) is 0 Å². The van der Waals surface area contributed by atoms with Crippen LogP contribution in [0.4, 0.5) is 0 Å². The predicted molar refractivity (Wildman–Crippen MR) is 91.3 cm³/mol. The Bertz CT molecular complexity index is 513. The van der Waals surface area contributed by atoms with Crippen LogP contribution in [0.5, 0.6) is 5.75 Å². The van der Waals surface area contributed by atoms with Crippen molar-refractivity contribution in [3.8, 4) is 5.75 Å². The third-order valence-electron chi connectivity index (χ3n) is 4.94. The van der Waals surface area contributed by atoms with Crippen LogP contribution in [-0.4, -0.2) is 24.1 Å². The van der Waals surface area contributed by atoms with E-state index in [2.05, 4.69) is 10.6 Å². The smallest absolute Gasteiger partial charge is 0.237 e. The van der Waals surface area contributed by atoms with Gasteiger partial charge >= 0.3 is 0 Å². The van der Waals surface area contributed by atoms with E-state index < -0.39 is 0 Å². The SMILES string of the molecule is CC(C)Oc1ccc(CNC(=O)C2CC3CCCCC3N2)cc1. The summed E-state index contributed by atoms with van der Waals surface area (Å²) >= 11 is 0. The summed E-state index contributed by atoms with van der Waals surface area (Å²) in [6.45, 7) is 4.61. The highest BCUT2D eigenvalue weighted by Gasteiger charge is 2.37. The predicted octanol–water partition coefficient (Wildman–Crippen LogP) is 3.01. The molecule has 0 radical (unpaired) electrons. The molecule has 2 aliphatic rings. The average Bonchev–Trinajstić information content (AvgIpc) is 2.97. The number of nitrogens with one attached hydrogen (secondary N) is 2. The van der Waals surface area contributed by atoms with E-state index in [4.69, 9.17) is 4.74 Å². The Morgan fingerprint density at radius 2 is 2.00 bits per heavy atom. The summed E-state index contributed by atoms with van der Waals surface area (Å²) in [6.07, 6.45) is 6.30. The molecule has 3 atom stereocenters. The van der Waals surface area contributed by atoms with Gasteiger partial charge in [0.05, 0.1) is 12.1 Å². The van der Waals surface area contributed by atoms with Gasteiger partial charge in [-0.2, -0.15) is 0 Å². The van der Waals surface area contributed by atoms with Gasteiger partial charge in [0.2, 0.25) is 5.91 Å². The first kappa shape index (κ1) is 16.3. The van der Waals surface area contributed by atoms with Crippen LogP contribution in [-0.2, 0) is 11.3 Å². The van der Waals surface area contributed by atoms with Crippen LogP contribution >= 0.6 is 0 Å². The molecule has 3 rings (SSSR count). The number of hydrogen-bond donors (Lipinski definition) is 2. The van der Waals surface area contributed by atoms with Crippen molar-refractivity contribution in [3.05, 3.63) is 29.8 Å². The molecule has 0 bridgehead atoms. The molecule has 23 heavy (non-hydrogen) atoms. The fourth-order valence-corrected chi connectivity index (χ4v) is 3.79. The molecule has 4 nitrogen and oxygen atoms in total. The lowest BCUT2D eigenvalue weighted by molar-refractivity contribution is -0.123. The number of benzene rings is 1. The van der Waals surface area contributed by atoms with Crippen LogP contribution in [0.2, 0.25) is 0 Å². The number of fused-ring (bicyclic) bond motifs is 1. The Balaban J connectivity index is 1.47. The Labute approximate surface area is 139 Å². The fourth-order valence-electron chi connectivity index (χ4n) is 3.79. The normalized spacial score (nSPS) is 26.8. The van der Waals surface area contributed by atoms with Gasteiger partial charge in [-0.25, -0.2) is 0 Å². The first-order chi connectivity index (χ1) is 11.1. The van der Waals surface area contributed by atoms with Crippen LogP contribution in [0, 0.1) is 5.92 Å². The maximum absolute atomic E-state index is 12.4. The second kappa shape index (κ2) is 7.35. The van der Waals surface area contributed by atoms with Crippen molar-refractivity contribution >= 4 is 5.91 Å². The van der Waals surface area contributed by atoms with E-state index in [-0.39, 0.29) is 18.1 Å². The maximum atomic E-state index is 12.4. The zero-order chi connectivity index (χ0) is 16.2. The van der Waals surface area contributed by atoms with Gasteiger partial charge in [-0.15, -0.1) is 0 Å². The zero-order valence-corrected chi connectivity index (χ0v) is 14.2. The van der Waals surface area contributed by atoms with Crippen molar-refractivity contribution in [1.29, 1.82) is 0 Å². The summed E-state index contributed by atoms with van der Waals surface area (Å²) in [7, 11) is 0. The molecular formula is C19H28N2O2. The Morgan fingerprint density at radius 1 is 1.26 bits per heavy atom. The number of hydrogen-bond acceptors (Lipinski definition) is 3. The van der Waals surface area contributed by atoms with Gasteiger partial charge in [-0.1, -0.05) is 25.0 Å². The van der Waals surface area contributed by atoms with Crippen molar-refractivity contribution in [2.45, 2.75) is 70.7 Å². The molecule has 1 saturated carbocycles. The van der Waals surface area contributed by atoms with Gasteiger partial charge in [-0.05, 0) is 56.7 Å². The van der Waals surface area contributed by atoms with E-state index in [0.29, 0.717) is 18.5 Å². The summed E-state index contributed by atoms with van der Waals surface area (Å²) in [5, 5.41) is 6.60. The molecule has 2 fully saturated rings. The van der Waals surface area contributed by atoms with Gasteiger partial charge in [0, 0.05) is 12.6 Å². The van der Waals surface area contributed by atoms with Crippen molar-refractivity contribution in [3.63, 3.8) is 0 Å². The molecular weight excluding hydrogens is 288 g/mol. The summed E-state index contributed by atoms with van der Waals surface area (Å²) in [5.41, 5.74) is 1.10. The first-order valence-electron chi connectivity index (χ1n) is 8.91. The van der Waals surface area contributed by atoms with E-state index in [1.54, 1.807) is 0 Å². The lowest BCUT2D eigenvalue weighted by atomic mass is 9.85. The van der Waals surface area contributed by atoms with E-state index in [9.17, 15) is 4.79 Å². The highest BCUT2D eigenvalue weighted by Crippen LogP contribution is 2.33. The Hall–Kier alpha value is -1.55. The number of ether oxygens (including phenoxy) is 1. The molecule has 0 aromatic heterocycles. The number of carbonyl (C=O) groups excluding carboxylic acids is 1. The van der Waals surface area contributed by atoms with Gasteiger partial charge in [0.25, 0.3) is 0 Å². The van der Waals surface area contributed by atoms with Crippen LogP contribution < -0.4 is 15.4 Å². The topological polar surface area (TPSA) is 50.4 Å². The van der Waals surface area contributed by atoms with Crippen molar-refractivity contribution in [1.82, 2.24) is 10.6 Å². The summed E-state index contributed by atoms with van der Waals surface area (Å²) < 4.78 is 5.63. The molecule has 1 saturated heterocycles. The molecule has 3 unspecified atom stereocenters. The highest BCUT2D eigenvalue weighted by molar-refractivity contribution is 5.82. The minimum absolute atomic E-state index is 0.00773. The zero-order valence-electron chi connectivity index (χ0n) is 14.2. The molecule has 1 aliphatic heterocycles. The molecule has 1 aromatic rings. The van der Waals surface area contributed by atoms with Crippen LogP contribution in [0.25, 0.3) is 0 Å². The van der Waals surface area contributed by atoms with E-state index in [1.807, 2.05) is 38.1 Å². The van der Waals surface area contributed by atoms with Crippen molar-refractivity contribution in [2.75, 3.05) is 0 Å². The average molecular weight is 316 g/mol. The largest absolute Gasteiger partial charge is 0.491 e. The lowest BCUT2D eigenvalue weighted by Crippen LogP contribution is -2.42. The molecule has 2 N–H and O–H groups in total. The fraction of sp³-hybridized carbons (Fsp3) is 0.632. The highest BCUT2D eigenvalue weighted by atomic mass is 16.5. The van der Waals surface area contributed by atoms with Crippen molar-refractivity contribution < 1.29 is 9.53 Å². The summed E-state index contributed by atoms with van der Waals surface area (Å²) in [4.78, 5) is 12.4. The van der Waals surface area contributed by atoms with Crippen LogP contribution in [0.1, 0.15) is 51.5 Å². The number of amides is 1. The third kappa shape index (κ3) is 4.25. The number of carbonyl (C=O) groups is 1.